The fourth-order valence-electron chi connectivity index (χ4n) is 2.25. The molecule has 1 aromatic carbocycles. The Morgan fingerprint density at radius 2 is 1.82 bits per heavy atom. The number of carbonyl (C=O) groups is 2. The number of methoxy groups -OCH3 is 1. The van der Waals surface area contributed by atoms with Gasteiger partial charge in [-0.3, -0.25) is 9.59 Å². The third-order valence-corrected chi connectivity index (χ3v) is 3.72. The molecule has 2 amide bonds. The third kappa shape index (κ3) is 4.25. The minimum absolute atomic E-state index is 0. The highest BCUT2D eigenvalue weighted by Crippen LogP contribution is 2.21. The van der Waals surface area contributed by atoms with Crippen molar-refractivity contribution in [3.05, 3.63) is 28.8 Å². The van der Waals surface area contributed by atoms with Crippen molar-refractivity contribution in [2.24, 2.45) is 0 Å². The zero-order chi connectivity index (χ0) is 15.4. The molecule has 6 nitrogen and oxygen atoms in total. The van der Waals surface area contributed by atoms with Gasteiger partial charge in [0.2, 0.25) is 5.91 Å². The van der Waals surface area contributed by atoms with E-state index in [-0.39, 0.29) is 30.8 Å². The van der Waals surface area contributed by atoms with Crippen LogP contribution in [0.25, 0.3) is 0 Å². The van der Waals surface area contributed by atoms with E-state index in [4.69, 9.17) is 22.1 Å². The highest BCUT2D eigenvalue weighted by molar-refractivity contribution is 6.34. The molecule has 0 aromatic heterocycles. The van der Waals surface area contributed by atoms with E-state index < -0.39 is 0 Å². The Kier molecular flexibility index (Phi) is 6.93. The highest BCUT2D eigenvalue weighted by atomic mass is 35.5. The van der Waals surface area contributed by atoms with Crippen LogP contribution < -0.4 is 5.73 Å². The molecule has 0 unspecified atom stereocenters. The maximum atomic E-state index is 12.4. The average Bonchev–Trinajstić information content (AvgIpc) is 2.47. The molecule has 1 aromatic rings. The molecule has 22 heavy (non-hydrogen) atoms. The third-order valence-electron chi connectivity index (χ3n) is 3.41. The standard InChI is InChI=1S/C14H18ClN3O3.ClH/c1-21-9-13(19)17-4-6-18(7-5-17)14(20)11-3-2-10(16)8-12(11)15;/h2-3,8H,4-7,9,16H2,1H3;1H. The molecular formula is C14H19Cl2N3O3. The van der Waals surface area contributed by atoms with Crippen LogP contribution in [-0.2, 0) is 9.53 Å². The molecule has 0 radical (unpaired) electrons. The maximum absolute atomic E-state index is 12.4. The van der Waals surface area contributed by atoms with Gasteiger partial charge in [0.05, 0.1) is 10.6 Å². The maximum Gasteiger partial charge on any atom is 0.255 e. The Bertz CT molecular complexity index is 546. The van der Waals surface area contributed by atoms with Crippen LogP contribution in [0.1, 0.15) is 10.4 Å². The predicted molar refractivity (Wildman–Crippen MR) is 87.5 cm³/mol. The van der Waals surface area contributed by atoms with Gasteiger partial charge in [0, 0.05) is 39.0 Å². The largest absolute Gasteiger partial charge is 0.399 e. The molecule has 122 valence electrons. The molecule has 1 aliphatic heterocycles. The van der Waals surface area contributed by atoms with Crippen LogP contribution in [-0.4, -0.2) is 61.5 Å². The van der Waals surface area contributed by atoms with Gasteiger partial charge >= 0.3 is 0 Å². The normalized spacial score (nSPS) is 14.5. The first-order valence-corrected chi connectivity index (χ1v) is 7.01. The van der Waals surface area contributed by atoms with Crippen molar-refractivity contribution in [2.75, 3.05) is 45.6 Å². The molecule has 0 bridgehead atoms. The summed E-state index contributed by atoms with van der Waals surface area (Å²) in [6.07, 6.45) is 0. The van der Waals surface area contributed by atoms with Crippen molar-refractivity contribution in [1.82, 2.24) is 9.80 Å². The van der Waals surface area contributed by atoms with Crippen LogP contribution in [0.3, 0.4) is 0 Å². The number of carbonyl (C=O) groups excluding carboxylic acids is 2. The molecule has 2 rings (SSSR count). The summed E-state index contributed by atoms with van der Waals surface area (Å²) in [6.45, 7) is 2.03. The first-order chi connectivity index (χ1) is 10.0. The molecule has 0 atom stereocenters. The zero-order valence-corrected chi connectivity index (χ0v) is 13.8. The Morgan fingerprint density at radius 3 is 2.36 bits per heavy atom. The second-order valence-corrected chi connectivity index (χ2v) is 5.25. The molecule has 0 spiro atoms. The van der Waals surface area contributed by atoms with E-state index in [1.54, 1.807) is 28.0 Å². The summed E-state index contributed by atoms with van der Waals surface area (Å²) in [5, 5.41) is 0.345. The van der Waals surface area contributed by atoms with E-state index in [0.717, 1.165) is 0 Å². The van der Waals surface area contributed by atoms with Crippen molar-refractivity contribution in [2.45, 2.75) is 0 Å². The lowest BCUT2D eigenvalue weighted by atomic mass is 10.1. The number of amides is 2. The number of nitrogen functional groups attached to an aromatic ring is 1. The van der Waals surface area contributed by atoms with Crippen LogP contribution in [0.2, 0.25) is 5.02 Å². The van der Waals surface area contributed by atoms with Crippen LogP contribution in [0.4, 0.5) is 5.69 Å². The molecule has 1 saturated heterocycles. The molecule has 1 fully saturated rings. The Balaban J connectivity index is 0.00000242. The van der Waals surface area contributed by atoms with Crippen LogP contribution in [0.5, 0.6) is 0 Å². The second kappa shape index (κ2) is 8.22. The van der Waals surface area contributed by atoms with Gasteiger partial charge in [0.1, 0.15) is 6.61 Å². The van der Waals surface area contributed by atoms with E-state index in [1.165, 1.54) is 7.11 Å². The first-order valence-electron chi connectivity index (χ1n) is 6.64. The molecule has 0 aliphatic carbocycles. The van der Waals surface area contributed by atoms with Crippen molar-refractivity contribution in [1.29, 1.82) is 0 Å². The average molecular weight is 348 g/mol. The van der Waals surface area contributed by atoms with Crippen molar-refractivity contribution in [3.63, 3.8) is 0 Å². The zero-order valence-electron chi connectivity index (χ0n) is 12.3. The Labute approximate surface area is 140 Å². The molecule has 0 saturated carbocycles. The van der Waals surface area contributed by atoms with Gasteiger partial charge in [-0.25, -0.2) is 0 Å². The number of anilines is 1. The summed E-state index contributed by atoms with van der Waals surface area (Å²) < 4.78 is 4.83. The Morgan fingerprint density at radius 1 is 1.23 bits per heavy atom. The monoisotopic (exact) mass is 347 g/mol. The molecule has 1 heterocycles. The van der Waals surface area contributed by atoms with E-state index in [0.29, 0.717) is 42.5 Å². The van der Waals surface area contributed by atoms with Crippen LogP contribution in [0, 0.1) is 0 Å². The molecular weight excluding hydrogens is 329 g/mol. The minimum Gasteiger partial charge on any atom is -0.399 e. The number of rotatable bonds is 3. The lowest BCUT2D eigenvalue weighted by Gasteiger charge is -2.34. The number of halogens is 2. The van der Waals surface area contributed by atoms with Crippen molar-refractivity contribution >= 4 is 41.5 Å². The number of nitrogens with zero attached hydrogens (tertiary/aromatic N) is 2. The van der Waals surface area contributed by atoms with E-state index >= 15 is 0 Å². The number of benzene rings is 1. The number of hydrogen-bond donors (Lipinski definition) is 1. The van der Waals surface area contributed by atoms with Gasteiger partial charge in [-0.05, 0) is 18.2 Å². The number of nitrogens with two attached hydrogens (primary N) is 1. The number of piperazine rings is 1. The van der Waals surface area contributed by atoms with Gasteiger partial charge in [-0.15, -0.1) is 12.4 Å². The SMILES string of the molecule is COCC(=O)N1CCN(C(=O)c2ccc(N)cc2Cl)CC1.Cl. The lowest BCUT2D eigenvalue weighted by molar-refractivity contribution is -0.136. The predicted octanol–water partition coefficient (Wildman–Crippen LogP) is 1.27. The molecule has 2 N–H and O–H groups in total. The summed E-state index contributed by atoms with van der Waals surface area (Å²) in [4.78, 5) is 27.5. The Hall–Kier alpha value is -1.50. The summed E-state index contributed by atoms with van der Waals surface area (Å²) in [7, 11) is 1.49. The summed E-state index contributed by atoms with van der Waals surface area (Å²) in [6, 6.07) is 4.84. The van der Waals surface area contributed by atoms with Crippen LogP contribution >= 0.6 is 24.0 Å². The lowest BCUT2D eigenvalue weighted by Crippen LogP contribution is -2.51. The summed E-state index contributed by atoms with van der Waals surface area (Å²) in [5.74, 6) is -0.200. The summed E-state index contributed by atoms with van der Waals surface area (Å²) >= 11 is 6.06. The van der Waals surface area contributed by atoms with Gasteiger partial charge < -0.3 is 20.3 Å². The topological polar surface area (TPSA) is 75.9 Å². The van der Waals surface area contributed by atoms with Gasteiger partial charge in [0.25, 0.3) is 5.91 Å². The van der Waals surface area contributed by atoms with Gasteiger partial charge in [0.15, 0.2) is 0 Å². The molecule has 1 aliphatic rings. The summed E-state index contributed by atoms with van der Waals surface area (Å²) in [5.41, 5.74) is 6.57. The molecule has 8 heteroatoms. The van der Waals surface area contributed by atoms with E-state index in [2.05, 4.69) is 0 Å². The van der Waals surface area contributed by atoms with E-state index in [1.807, 2.05) is 0 Å². The second-order valence-electron chi connectivity index (χ2n) is 4.85. The highest BCUT2D eigenvalue weighted by Gasteiger charge is 2.25. The fraction of sp³-hybridized carbons (Fsp3) is 0.429. The quantitative estimate of drug-likeness (QED) is 0.835. The number of ether oxygens (including phenoxy) is 1. The van der Waals surface area contributed by atoms with Gasteiger partial charge in [-0.1, -0.05) is 11.6 Å². The van der Waals surface area contributed by atoms with E-state index in [9.17, 15) is 9.59 Å². The fourth-order valence-corrected chi connectivity index (χ4v) is 2.52. The van der Waals surface area contributed by atoms with Crippen molar-refractivity contribution in [3.8, 4) is 0 Å². The van der Waals surface area contributed by atoms with Gasteiger partial charge in [-0.2, -0.15) is 0 Å². The minimum atomic E-state index is -0.140. The number of hydrogen-bond acceptors (Lipinski definition) is 4. The smallest absolute Gasteiger partial charge is 0.255 e. The van der Waals surface area contributed by atoms with Crippen LogP contribution in [0.15, 0.2) is 18.2 Å². The van der Waals surface area contributed by atoms with Crippen molar-refractivity contribution < 1.29 is 14.3 Å². The first kappa shape index (κ1) is 18.5.